The Bertz CT molecular complexity index is 325. The van der Waals surface area contributed by atoms with E-state index in [4.69, 9.17) is 0 Å². The van der Waals surface area contributed by atoms with Crippen molar-refractivity contribution in [3.05, 3.63) is 0 Å². The third-order valence-corrected chi connectivity index (χ3v) is 6.22. The summed E-state index contributed by atoms with van der Waals surface area (Å²) in [5, 5.41) is 3.42. The summed E-state index contributed by atoms with van der Waals surface area (Å²) < 4.78 is 23.6. The van der Waals surface area contributed by atoms with Crippen molar-refractivity contribution in [2.24, 2.45) is 0 Å². The highest BCUT2D eigenvalue weighted by Crippen LogP contribution is 2.34. The molecule has 4 heteroatoms. The van der Waals surface area contributed by atoms with Crippen molar-refractivity contribution in [3.63, 3.8) is 0 Å². The highest BCUT2D eigenvalue weighted by atomic mass is 32.2. The molecule has 0 saturated heterocycles. The van der Waals surface area contributed by atoms with Gasteiger partial charge in [0.25, 0.3) is 0 Å². The van der Waals surface area contributed by atoms with Gasteiger partial charge in [0, 0.05) is 18.8 Å². The zero-order valence-electron chi connectivity index (χ0n) is 10.2. The van der Waals surface area contributed by atoms with Gasteiger partial charge >= 0.3 is 0 Å². The Labute approximate surface area is 98.9 Å². The van der Waals surface area contributed by atoms with Crippen LogP contribution in [0.4, 0.5) is 0 Å². The second-order valence-electron chi connectivity index (χ2n) is 5.52. The maximum absolute atomic E-state index is 12.1. The minimum Gasteiger partial charge on any atom is -0.312 e. The number of hydrogen-bond donors (Lipinski definition) is 1. The predicted molar refractivity (Wildman–Crippen MR) is 66.3 cm³/mol. The van der Waals surface area contributed by atoms with Gasteiger partial charge in [0.15, 0.2) is 9.84 Å². The van der Waals surface area contributed by atoms with Crippen molar-refractivity contribution in [1.82, 2.24) is 5.32 Å². The van der Waals surface area contributed by atoms with E-state index in [9.17, 15) is 8.42 Å². The van der Waals surface area contributed by atoms with E-state index in [0.717, 1.165) is 25.7 Å². The highest BCUT2D eigenvalue weighted by molar-refractivity contribution is 7.92. The lowest BCUT2D eigenvalue weighted by Crippen LogP contribution is -2.47. The fourth-order valence-electron chi connectivity index (χ4n) is 2.67. The van der Waals surface area contributed by atoms with Gasteiger partial charge in [-0.1, -0.05) is 25.7 Å². The topological polar surface area (TPSA) is 46.2 Å². The van der Waals surface area contributed by atoms with Crippen LogP contribution in [-0.4, -0.2) is 32.0 Å². The van der Waals surface area contributed by atoms with E-state index >= 15 is 0 Å². The summed E-state index contributed by atoms with van der Waals surface area (Å²) in [5.41, 5.74) is 0. The zero-order valence-corrected chi connectivity index (χ0v) is 11.0. The molecule has 0 bridgehead atoms. The zero-order chi connectivity index (χ0) is 11.6. The molecule has 0 aromatic heterocycles. The molecule has 3 nitrogen and oxygen atoms in total. The van der Waals surface area contributed by atoms with Gasteiger partial charge in [-0.2, -0.15) is 0 Å². The molecule has 0 spiro atoms. The van der Waals surface area contributed by atoms with Gasteiger partial charge < -0.3 is 5.32 Å². The van der Waals surface area contributed by atoms with Gasteiger partial charge in [0.1, 0.15) is 0 Å². The average molecular weight is 245 g/mol. The van der Waals surface area contributed by atoms with Crippen LogP contribution < -0.4 is 5.32 Å². The first-order valence-electron chi connectivity index (χ1n) is 6.47. The molecule has 2 fully saturated rings. The molecule has 0 aromatic rings. The van der Waals surface area contributed by atoms with E-state index in [1.807, 2.05) is 0 Å². The van der Waals surface area contributed by atoms with Crippen LogP contribution in [0.5, 0.6) is 0 Å². The third-order valence-electron chi connectivity index (χ3n) is 4.09. The Morgan fingerprint density at radius 2 is 1.69 bits per heavy atom. The molecular weight excluding hydrogens is 222 g/mol. The van der Waals surface area contributed by atoms with Crippen LogP contribution in [0.25, 0.3) is 0 Å². The second kappa shape index (κ2) is 4.65. The van der Waals surface area contributed by atoms with Gasteiger partial charge in [-0.25, -0.2) is 8.42 Å². The summed E-state index contributed by atoms with van der Waals surface area (Å²) in [4.78, 5) is 0. The normalized spacial score (nSPS) is 26.3. The van der Waals surface area contributed by atoms with Gasteiger partial charge in [0.2, 0.25) is 0 Å². The number of rotatable bonds is 4. The van der Waals surface area contributed by atoms with E-state index in [0.29, 0.717) is 12.6 Å². The van der Waals surface area contributed by atoms with E-state index < -0.39 is 14.6 Å². The van der Waals surface area contributed by atoms with Gasteiger partial charge in [-0.3, -0.25) is 0 Å². The standard InChI is InChI=1S/C12H23NO2S/c1-16(14,15)12(10-13-11-6-7-11)8-4-2-3-5-9-12/h11,13H,2-10H2,1H3. The molecule has 0 radical (unpaired) electrons. The van der Waals surface area contributed by atoms with Crippen molar-refractivity contribution in [2.75, 3.05) is 12.8 Å². The molecule has 0 heterocycles. The smallest absolute Gasteiger partial charge is 0.154 e. The maximum atomic E-state index is 12.1. The van der Waals surface area contributed by atoms with Gasteiger partial charge in [-0.15, -0.1) is 0 Å². The number of hydrogen-bond acceptors (Lipinski definition) is 3. The lowest BCUT2D eigenvalue weighted by atomic mass is 9.99. The molecule has 0 atom stereocenters. The van der Waals surface area contributed by atoms with Crippen LogP contribution in [0.2, 0.25) is 0 Å². The molecule has 2 aliphatic rings. The fourth-order valence-corrected chi connectivity index (χ4v) is 4.05. The summed E-state index contributed by atoms with van der Waals surface area (Å²) >= 11 is 0. The second-order valence-corrected chi connectivity index (χ2v) is 7.93. The van der Waals surface area contributed by atoms with Crippen LogP contribution in [0.1, 0.15) is 51.4 Å². The third kappa shape index (κ3) is 2.77. The van der Waals surface area contributed by atoms with Crippen LogP contribution in [0.15, 0.2) is 0 Å². The average Bonchev–Trinajstić information content (AvgIpc) is 3.01. The number of sulfone groups is 1. The maximum Gasteiger partial charge on any atom is 0.154 e. The molecule has 0 aliphatic heterocycles. The van der Waals surface area contributed by atoms with Crippen molar-refractivity contribution in [2.45, 2.75) is 62.2 Å². The molecule has 94 valence electrons. The van der Waals surface area contributed by atoms with E-state index in [2.05, 4.69) is 5.32 Å². The first-order chi connectivity index (χ1) is 7.54. The van der Waals surface area contributed by atoms with Crippen molar-refractivity contribution >= 4 is 9.84 Å². The summed E-state index contributed by atoms with van der Waals surface area (Å²) in [6.07, 6.45) is 10.1. The molecule has 1 N–H and O–H groups in total. The predicted octanol–water partition coefficient (Wildman–Crippen LogP) is 1.88. The van der Waals surface area contributed by atoms with Crippen LogP contribution in [0.3, 0.4) is 0 Å². The monoisotopic (exact) mass is 245 g/mol. The Balaban J connectivity index is 2.08. The first-order valence-corrected chi connectivity index (χ1v) is 8.36. The van der Waals surface area contributed by atoms with Gasteiger partial charge in [-0.05, 0) is 25.7 Å². The summed E-state index contributed by atoms with van der Waals surface area (Å²) in [7, 11) is -2.94. The molecule has 0 aromatic carbocycles. The van der Waals surface area contributed by atoms with Crippen LogP contribution in [-0.2, 0) is 9.84 Å². The van der Waals surface area contributed by atoms with Crippen molar-refractivity contribution in [3.8, 4) is 0 Å². The fraction of sp³-hybridized carbons (Fsp3) is 1.00. The largest absolute Gasteiger partial charge is 0.312 e. The molecule has 2 saturated carbocycles. The van der Waals surface area contributed by atoms with Crippen molar-refractivity contribution in [1.29, 1.82) is 0 Å². The molecule has 0 amide bonds. The molecule has 0 unspecified atom stereocenters. The molecule has 2 aliphatic carbocycles. The van der Waals surface area contributed by atoms with Crippen LogP contribution >= 0.6 is 0 Å². The number of nitrogens with one attached hydrogen (secondary N) is 1. The minimum atomic E-state index is -2.94. The summed E-state index contributed by atoms with van der Waals surface area (Å²) in [5.74, 6) is 0. The van der Waals surface area contributed by atoms with E-state index in [-0.39, 0.29) is 0 Å². The van der Waals surface area contributed by atoms with E-state index in [1.165, 1.54) is 31.9 Å². The Hall–Kier alpha value is -0.0900. The summed E-state index contributed by atoms with van der Waals surface area (Å²) in [6.45, 7) is 0.677. The minimum absolute atomic E-state index is 0.466. The molecular formula is C12H23NO2S. The molecule has 16 heavy (non-hydrogen) atoms. The van der Waals surface area contributed by atoms with Crippen molar-refractivity contribution < 1.29 is 8.42 Å². The first kappa shape index (κ1) is 12.4. The van der Waals surface area contributed by atoms with Gasteiger partial charge in [0.05, 0.1) is 4.75 Å². The van der Waals surface area contributed by atoms with E-state index in [1.54, 1.807) is 0 Å². The van der Waals surface area contributed by atoms with Crippen LogP contribution in [0, 0.1) is 0 Å². The Morgan fingerprint density at radius 3 is 2.12 bits per heavy atom. The highest BCUT2D eigenvalue weighted by Gasteiger charge is 2.41. The Kier molecular flexibility index (Phi) is 3.59. The quantitative estimate of drug-likeness (QED) is 0.769. The summed E-state index contributed by atoms with van der Waals surface area (Å²) in [6, 6.07) is 0.599. The lowest BCUT2D eigenvalue weighted by molar-refractivity contribution is 0.431. The molecule has 2 rings (SSSR count). The SMILES string of the molecule is CS(=O)(=O)C1(CNC2CC2)CCCCCC1. The Morgan fingerprint density at radius 1 is 1.12 bits per heavy atom. The lowest BCUT2D eigenvalue weighted by Gasteiger charge is -2.31.